The molecule has 2 aromatic carbocycles. The van der Waals surface area contributed by atoms with Crippen molar-refractivity contribution >= 4 is 5.69 Å². The Labute approximate surface area is 111 Å². The highest BCUT2D eigenvalue weighted by Crippen LogP contribution is 2.29. The highest BCUT2D eigenvalue weighted by atomic mass is 19.1. The Morgan fingerprint density at radius 1 is 0.947 bits per heavy atom. The number of hydrogen-bond acceptors (Lipinski definition) is 3. The quantitative estimate of drug-likeness (QED) is 0.846. The largest absolute Gasteiger partial charge is 0.491 e. The van der Waals surface area contributed by atoms with Gasteiger partial charge in [0.25, 0.3) is 0 Å². The Hall–Kier alpha value is -2.23. The molecule has 0 saturated heterocycles. The van der Waals surface area contributed by atoms with E-state index < -0.39 is 0 Å². The van der Waals surface area contributed by atoms with Gasteiger partial charge >= 0.3 is 0 Å². The number of ether oxygens (including phenoxy) is 2. The van der Waals surface area contributed by atoms with Crippen LogP contribution in [0.3, 0.4) is 0 Å². The summed E-state index contributed by atoms with van der Waals surface area (Å²) in [6, 6.07) is 11.0. The third-order valence-corrected chi connectivity index (χ3v) is 2.32. The normalized spacial score (nSPS) is 10.5. The molecule has 0 bridgehead atoms. The molecule has 0 fully saturated rings. The number of rotatable bonds is 4. The Balaban J connectivity index is 2.19. The first kappa shape index (κ1) is 13.2. The van der Waals surface area contributed by atoms with E-state index in [9.17, 15) is 4.39 Å². The first-order valence-electron chi connectivity index (χ1n) is 6.03. The van der Waals surface area contributed by atoms with Crippen molar-refractivity contribution in [1.82, 2.24) is 0 Å². The van der Waals surface area contributed by atoms with Gasteiger partial charge in [-0.2, -0.15) is 0 Å². The lowest BCUT2D eigenvalue weighted by Gasteiger charge is -2.12. The van der Waals surface area contributed by atoms with Gasteiger partial charge in [0.1, 0.15) is 23.1 Å². The zero-order valence-corrected chi connectivity index (χ0v) is 10.9. The van der Waals surface area contributed by atoms with Crippen LogP contribution in [-0.4, -0.2) is 6.10 Å². The molecule has 100 valence electrons. The van der Waals surface area contributed by atoms with Crippen LogP contribution in [0.1, 0.15) is 13.8 Å². The smallest absolute Gasteiger partial charge is 0.133 e. The number of nitrogen functional groups attached to an aromatic ring is 1. The van der Waals surface area contributed by atoms with Crippen molar-refractivity contribution in [3.63, 3.8) is 0 Å². The Morgan fingerprint density at radius 2 is 1.58 bits per heavy atom. The van der Waals surface area contributed by atoms with Gasteiger partial charge < -0.3 is 15.2 Å². The highest BCUT2D eigenvalue weighted by molar-refractivity contribution is 5.51. The lowest BCUT2D eigenvalue weighted by Crippen LogP contribution is -2.05. The van der Waals surface area contributed by atoms with Crippen molar-refractivity contribution in [3.05, 3.63) is 48.3 Å². The number of benzene rings is 2. The van der Waals surface area contributed by atoms with E-state index in [1.54, 1.807) is 30.3 Å². The van der Waals surface area contributed by atoms with Gasteiger partial charge in [-0.25, -0.2) is 4.39 Å². The van der Waals surface area contributed by atoms with E-state index in [0.29, 0.717) is 22.9 Å². The van der Waals surface area contributed by atoms with Crippen molar-refractivity contribution < 1.29 is 13.9 Å². The zero-order valence-electron chi connectivity index (χ0n) is 10.9. The summed E-state index contributed by atoms with van der Waals surface area (Å²) in [5.41, 5.74) is 6.34. The molecule has 0 radical (unpaired) electrons. The standard InChI is InChI=1S/C15H16FNO2/c1-10(2)18-14-7-12(17)8-15(9-14)19-13-5-3-11(16)4-6-13/h3-10H,17H2,1-2H3. The molecule has 0 unspecified atom stereocenters. The summed E-state index contributed by atoms with van der Waals surface area (Å²) in [5.74, 6) is 1.45. The van der Waals surface area contributed by atoms with E-state index in [2.05, 4.69) is 0 Å². The summed E-state index contributed by atoms with van der Waals surface area (Å²) < 4.78 is 24.0. The molecule has 19 heavy (non-hydrogen) atoms. The molecule has 3 nitrogen and oxygen atoms in total. The third-order valence-electron chi connectivity index (χ3n) is 2.32. The summed E-state index contributed by atoms with van der Waals surface area (Å²) >= 11 is 0. The average Bonchev–Trinajstić information content (AvgIpc) is 2.30. The molecule has 2 aromatic rings. The summed E-state index contributed by atoms with van der Waals surface area (Å²) in [7, 11) is 0. The van der Waals surface area contributed by atoms with Crippen LogP contribution in [0, 0.1) is 5.82 Å². The molecule has 2 N–H and O–H groups in total. The van der Waals surface area contributed by atoms with Gasteiger partial charge in [0, 0.05) is 23.9 Å². The monoisotopic (exact) mass is 261 g/mol. The number of hydrogen-bond donors (Lipinski definition) is 1. The van der Waals surface area contributed by atoms with E-state index in [4.69, 9.17) is 15.2 Å². The van der Waals surface area contributed by atoms with Crippen LogP contribution in [0.5, 0.6) is 17.2 Å². The summed E-state index contributed by atoms with van der Waals surface area (Å²) in [5, 5.41) is 0. The van der Waals surface area contributed by atoms with E-state index in [1.165, 1.54) is 12.1 Å². The second-order valence-corrected chi connectivity index (χ2v) is 4.46. The van der Waals surface area contributed by atoms with Crippen LogP contribution in [0.15, 0.2) is 42.5 Å². The van der Waals surface area contributed by atoms with Gasteiger partial charge in [-0.15, -0.1) is 0 Å². The van der Waals surface area contributed by atoms with Crippen LogP contribution in [0.2, 0.25) is 0 Å². The predicted octanol–water partition coefficient (Wildman–Crippen LogP) is 3.99. The molecule has 2 rings (SSSR count). The van der Waals surface area contributed by atoms with Crippen LogP contribution in [0.25, 0.3) is 0 Å². The summed E-state index contributed by atoms with van der Waals surface area (Å²) in [4.78, 5) is 0. The molecule has 0 atom stereocenters. The Bertz CT molecular complexity index is 553. The molecule has 0 spiro atoms. The lowest BCUT2D eigenvalue weighted by atomic mass is 10.2. The van der Waals surface area contributed by atoms with Gasteiger partial charge in [0.2, 0.25) is 0 Å². The molecular formula is C15H16FNO2. The van der Waals surface area contributed by atoms with Crippen LogP contribution < -0.4 is 15.2 Å². The molecular weight excluding hydrogens is 245 g/mol. The molecule has 4 heteroatoms. The third kappa shape index (κ3) is 3.88. The minimum Gasteiger partial charge on any atom is -0.491 e. The van der Waals surface area contributed by atoms with Crippen molar-refractivity contribution in [2.75, 3.05) is 5.73 Å². The van der Waals surface area contributed by atoms with Gasteiger partial charge in [-0.1, -0.05) is 0 Å². The lowest BCUT2D eigenvalue weighted by molar-refractivity contribution is 0.242. The fourth-order valence-electron chi connectivity index (χ4n) is 1.63. The summed E-state index contributed by atoms with van der Waals surface area (Å²) in [6.07, 6.45) is 0.0560. The van der Waals surface area contributed by atoms with Gasteiger partial charge in [-0.3, -0.25) is 0 Å². The second-order valence-electron chi connectivity index (χ2n) is 4.46. The van der Waals surface area contributed by atoms with Crippen molar-refractivity contribution in [1.29, 1.82) is 0 Å². The minimum atomic E-state index is -0.302. The molecule has 0 aliphatic rings. The molecule has 0 saturated carbocycles. The van der Waals surface area contributed by atoms with E-state index in [1.807, 2.05) is 13.8 Å². The van der Waals surface area contributed by atoms with Crippen LogP contribution in [-0.2, 0) is 0 Å². The predicted molar refractivity (Wildman–Crippen MR) is 73.1 cm³/mol. The van der Waals surface area contributed by atoms with Crippen molar-refractivity contribution in [2.45, 2.75) is 20.0 Å². The zero-order chi connectivity index (χ0) is 13.8. The SMILES string of the molecule is CC(C)Oc1cc(N)cc(Oc2ccc(F)cc2)c1. The maximum absolute atomic E-state index is 12.8. The van der Waals surface area contributed by atoms with Gasteiger partial charge in [-0.05, 0) is 38.1 Å². The second kappa shape index (κ2) is 5.61. The first-order valence-corrected chi connectivity index (χ1v) is 6.03. The van der Waals surface area contributed by atoms with Gasteiger partial charge in [0.15, 0.2) is 0 Å². The van der Waals surface area contributed by atoms with Crippen LogP contribution in [0.4, 0.5) is 10.1 Å². The van der Waals surface area contributed by atoms with E-state index in [0.717, 1.165) is 0 Å². The summed E-state index contributed by atoms with van der Waals surface area (Å²) in [6.45, 7) is 3.87. The first-order chi connectivity index (χ1) is 9.02. The topological polar surface area (TPSA) is 44.5 Å². The minimum absolute atomic E-state index is 0.0560. The maximum Gasteiger partial charge on any atom is 0.133 e. The highest BCUT2D eigenvalue weighted by Gasteiger charge is 2.04. The van der Waals surface area contributed by atoms with Crippen molar-refractivity contribution in [3.8, 4) is 17.2 Å². The number of halogens is 1. The fraction of sp³-hybridized carbons (Fsp3) is 0.200. The number of nitrogens with two attached hydrogens (primary N) is 1. The average molecular weight is 261 g/mol. The van der Waals surface area contributed by atoms with E-state index in [-0.39, 0.29) is 11.9 Å². The van der Waals surface area contributed by atoms with Crippen LogP contribution >= 0.6 is 0 Å². The number of anilines is 1. The fourth-order valence-corrected chi connectivity index (χ4v) is 1.63. The Morgan fingerprint density at radius 3 is 2.21 bits per heavy atom. The molecule has 0 amide bonds. The maximum atomic E-state index is 12.8. The molecule has 0 heterocycles. The van der Waals surface area contributed by atoms with Gasteiger partial charge in [0.05, 0.1) is 6.10 Å². The molecule has 0 aliphatic carbocycles. The molecule has 0 aromatic heterocycles. The van der Waals surface area contributed by atoms with Crippen molar-refractivity contribution in [2.24, 2.45) is 0 Å². The van der Waals surface area contributed by atoms with E-state index >= 15 is 0 Å². The Kier molecular flexibility index (Phi) is 3.90. The molecule has 0 aliphatic heterocycles.